The Labute approximate surface area is 143 Å². The lowest BCUT2D eigenvalue weighted by Gasteiger charge is -2.05. The summed E-state index contributed by atoms with van der Waals surface area (Å²) in [5.74, 6) is 0.181. The van der Waals surface area contributed by atoms with E-state index in [0.717, 1.165) is 5.69 Å². The van der Waals surface area contributed by atoms with Crippen LogP contribution in [0, 0.1) is 5.82 Å². The van der Waals surface area contributed by atoms with E-state index in [1.165, 1.54) is 17.8 Å². The van der Waals surface area contributed by atoms with Gasteiger partial charge >= 0.3 is 0 Å². The van der Waals surface area contributed by atoms with Crippen molar-refractivity contribution < 1.29 is 4.39 Å². The van der Waals surface area contributed by atoms with Gasteiger partial charge in [-0.1, -0.05) is 45.4 Å². The maximum atomic E-state index is 13.8. The van der Waals surface area contributed by atoms with Crippen LogP contribution < -0.4 is 0 Å². The van der Waals surface area contributed by atoms with Crippen LogP contribution in [0.25, 0.3) is 5.69 Å². The lowest BCUT2D eigenvalue weighted by molar-refractivity contribution is 0.616. The van der Waals surface area contributed by atoms with E-state index in [1.54, 1.807) is 28.9 Å². The van der Waals surface area contributed by atoms with E-state index in [2.05, 4.69) is 31.5 Å². The monoisotopic (exact) mass is 398 g/mol. The Bertz CT molecular complexity index is 794. The fourth-order valence-corrected chi connectivity index (χ4v) is 3.13. The largest absolute Gasteiger partial charge is 0.214 e. The minimum atomic E-state index is -0.257. The van der Waals surface area contributed by atoms with Gasteiger partial charge in [-0.05, 0) is 52.4 Å². The van der Waals surface area contributed by atoms with Crippen LogP contribution in [-0.4, -0.2) is 20.2 Å². The molecule has 3 rings (SSSR count). The molecule has 1 aromatic heterocycles. The number of benzene rings is 2. The minimum Gasteiger partial charge on any atom is -0.207 e. The fraction of sp³-hybridized carbons (Fsp3) is 0.0714. The van der Waals surface area contributed by atoms with E-state index < -0.39 is 0 Å². The van der Waals surface area contributed by atoms with Crippen LogP contribution in [0.2, 0.25) is 5.02 Å². The van der Waals surface area contributed by atoms with Gasteiger partial charge in [0, 0.05) is 15.2 Å². The molecule has 1 heterocycles. The first-order chi connectivity index (χ1) is 10.6. The Kier molecular flexibility index (Phi) is 4.75. The predicted octanol–water partition coefficient (Wildman–Crippen LogP) is 4.51. The SMILES string of the molecule is Fc1cc(Br)ccc1CSc1nnnn1-c1ccc(Cl)cc1. The fourth-order valence-electron chi connectivity index (χ4n) is 1.79. The lowest BCUT2D eigenvalue weighted by Crippen LogP contribution is -1.99. The van der Waals surface area contributed by atoms with E-state index in [9.17, 15) is 4.39 Å². The Balaban J connectivity index is 1.79. The van der Waals surface area contributed by atoms with Gasteiger partial charge in [0.05, 0.1) is 5.69 Å². The van der Waals surface area contributed by atoms with Crippen molar-refractivity contribution in [3.05, 3.63) is 63.3 Å². The quantitative estimate of drug-likeness (QED) is 0.606. The molecule has 0 radical (unpaired) electrons. The summed E-state index contributed by atoms with van der Waals surface area (Å²) in [5.41, 5.74) is 1.40. The molecule has 0 aliphatic carbocycles. The first-order valence-electron chi connectivity index (χ1n) is 6.24. The molecule has 22 heavy (non-hydrogen) atoms. The summed E-state index contributed by atoms with van der Waals surface area (Å²) in [7, 11) is 0. The zero-order valence-electron chi connectivity index (χ0n) is 11.1. The smallest absolute Gasteiger partial charge is 0.207 e. The van der Waals surface area contributed by atoms with Gasteiger partial charge < -0.3 is 0 Å². The van der Waals surface area contributed by atoms with Gasteiger partial charge in [0.1, 0.15) is 5.82 Å². The molecule has 0 aliphatic rings. The van der Waals surface area contributed by atoms with Gasteiger partial charge in [-0.25, -0.2) is 4.39 Å². The standard InChI is InChI=1S/C14H9BrClFN4S/c15-10-2-1-9(13(17)7-10)8-22-14-18-19-20-21(14)12-5-3-11(16)4-6-12/h1-7H,8H2. The predicted molar refractivity (Wildman–Crippen MR) is 87.8 cm³/mol. The van der Waals surface area contributed by atoms with Gasteiger partial charge in [0.25, 0.3) is 0 Å². The van der Waals surface area contributed by atoms with Crippen molar-refractivity contribution in [2.45, 2.75) is 10.9 Å². The molecule has 112 valence electrons. The van der Waals surface area contributed by atoms with Crippen molar-refractivity contribution in [3.8, 4) is 5.69 Å². The van der Waals surface area contributed by atoms with Gasteiger partial charge in [-0.2, -0.15) is 4.68 Å². The van der Waals surface area contributed by atoms with Crippen LogP contribution in [0.4, 0.5) is 4.39 Å². The summed E-state index contributed by atoms with van der Waals surface area (Å²) in [5, 5.41) is 12.8. The van der Waals surface area contributed by atoms with Gasteiger partial charge in [-0.3, -0.25) is 0 Å². The maximum absolute atomic E-state index is 13.8. The second-order valence-corrected chi connectivity index (χ2v) is 6.67. The normalized spacial score (nSPS) is 10.9. The molecule has 0 spiro atoms. The Morgan fingerprint density at radius 3 is 2.68 bits per heavy atom. The Morgan fingerprint density at radius 2 is 1.95 bits per heavy atom. The number of aromatic nitrogens is 4. The summed E-state index contributed by atoms with van der Waals surface area (Å²) >= 11 is 10.5. The molecule has 0 N–H and O–H groups in total. The van der Waals surface area contributed by atoms with E-state index in [4.69, 9.17) is 11.6 Å². The highest BCUT2D eigenvalue weighted by molar-refractivity contribution is 9.10. The zero-order valence-corrected chi connectivity index (χ0v) is 14.2. The Hall–Kier alpha value is -1.44. The van der Waals surface area contributed by atoms with E-state index in [1.807, 2.05) is 12.1 Å². The summed E-state index contributed by atoms with van der Waals surface area (Å²) in [6.45, 7) is 0. The van der Waals surface area contributed by atoms with E-state index in [-0.39, 0.29) is 5.82 Å². The average Bonchev–Trinajstić information content (AvgIpc) is 2.95. The summed E-state index contributed by atoms with van der Waals surface area (Å²) in [6.07, 6.45) is 0. The zero-order chi connectivity index (χ0) is 15.5. The first-order valence-corrected chi connectivity index (χ1v) is 8.40. The third-order valence-corrected chi connectivity index (χ3v) is 4.60. The van der Waals surface area contributed by atoms with Crippen LogP contribution in [0.3, 0.4) is 0 Å². The van der Waals surface area contributed by atoms with Crippen LogP contribution in [0.15, 0.2) is 52.1 Å². The molecule has 4 nitrogen and oxygen atoms in total. The second-order valence-electron chi connectivity index (χ2n) is 4.37. The number of thioether (sulfide) groups is 1. The third-order valence-electron chi connectivity index (χ3n) is 2.88. The van der Waals surface area contributed by atoms with Gasteiger partial charge in [-0.15, -0.1) is 5.10 Å². The molecule has 0 saturated carbocycles. The molecular formula is C14H9BrClFN4S. The molecule has 0 aliphatic heterocycles. The van der Waals surface area contributed by atoms with Crippen molar-refractivity contribution >= 4 is 39.3 Å². The van der Waals surface area contributed by atoms with E-state index >= 15 is 0 Å². The van der Waals surface area contributed by atoms with Gasteiger partial charge in [0.15, 0.2) is 0 Å². The summed E-state index contributed by atoms with van der Waals surface area (Å²) < 4.78 is 16.1. The molecule has 0 amide bonds. The number of hydrogen-bond donors (Lipinski definition) is 0. The van der Waals surface area contributed by atoms with Crippen molar-refractivity contribution in [2.75, 3.05) is 0 Å². The number of tetrazole rings is 1. The molecule has 0 bridgehead atoms. The lowest BCUT2D eigenvalue weighted by atomic mass is 10.2. The van der Waals surface area contributed by atoms with E-state index in [0.29, 0.717) is 26.0 Å². The first kappa shape index (κ1) is 15.5. The van der Waals surface area contributed by atoms with Crippen molar-refractivity contribution in [3.63, 3.8) is 0 Å². The second kappa shape index (κ2) is 6.76. The number of nitrogens with zero attached hydrogens (tertiary/aromatic N) is 4. The molecule has 0 fully saturated rings. The molecule has 0 unspecified atom stereocenters. The minimum absolute atomic E-state index is 0.257. The molecule has 0 atom stereocenters. The molecule has 8 heteroatoms. The number of hydrogen-bond acceptors (Lipinski definition) is 4. The highest BCUT2D eigenvalue weighted by Crippen LogP contribution is 2.25. The average molecular weight is 400 g/mol. The maximum Gasteiger partial charge on any atom is 0.214 e. The van der Waals surface area contributed by atoms with Crippen molar-refractivity contribution in [1.29, 1.82) is 0 Å². The van der Waals surface area contributed by atoms with Crippen LogP contribution >= 0.6 is 39.3 Å². The molecule has 3 aromatic rings. The van der Waals surface area contributed by atoms with Crippen LogP contribution in [0.1, 0.15) is 5.56 Å². The number of halogens is 3. The highest BCUT2D eigenvalue weighted by Gasteiger charge is 2.11. The van der Waals surface area contributed by atoms with Gasteiger partial charge in [0.2, 0.25) is 5.16 Å². The molecule has 2 aromatic carbocycles. The van der Waals surface area contributed by atoms with Crippen molar-refractivity contribution in [1.82, 2.24) is 20.2 Å². The number of rotatable bonds is 4. The topological polar surface area (TPSA) is 43.6 Å². The summed E-state index contributed by atoms with van der Waals surface area (Å²) in [4.78, 5) is 0. The highest BCUT2D eigenvalue weighted by atomic mass is 79.9. The van der Waals surface area contributed by atoms with Crippen LogP contribution in [-0.2, 0) is 5.75 Å². The van der Waals surface area contributed by atoms with Crippen molar-refractivity contribution in [2.24, 2.45) is 0 Å². The summed E-state index contributed by atoms with van der Waals surface area (Å²) in [6, 6.07) is 12.2. The molecular weight excluding hydrogens is 391 g/mol. The Morgan fingerprint density at radius 1 is 1.18 bits per heavy atom. The molecule has 0 saturated heterocycles. The third kappa shape index (κ3) is 3.48. The van der Waals surface area contributed by atoms with Crippen LogP contribution in [0.5, 0.6) is 0 Å².